The Morgan fingerprint density at radius 3 is 2.41 bits per heavy atom. The highest BCUT2D eigenvalue weighted by Crippen LogP contribution is 2.33. The van der Waals surface area contributed by atoms with Crippen molar-refractivity contribution in [3.8, 4) is 0 Å². The lowest BCUT2D eigenvalue weighted by atomic mass is 10.1. The quantitative estimate of drug-likeness (QED) is 0.764. The molecule has 0 aromatic carbocycles. The van der Waals surface area contributed by atoms with E-state index in [2.05, 4.69) is 0 Å². The summed E-state index contributed by atoms with van der Waals surface area (Å²) in [6.45, 7) is 10.7. The monoisotopic (exact) mass is 245 g/mol. The van der Waals surface area contributed by atoms with Crippen molar-refractivity contribution in [2.24, 2.45) is 0 Å². The van der Waals surface area contributed by atoms with Crippen molar-refractivity contribution in [1.82, 2.24) is 4.90 Å². The third-order valence-electron chi connectivity index (χ3n) is 2.71. The molecular formula is C12H23NO4. The summed E-state index contributed by atoms with van der Waals surface area (Å²) in [6.07, 6.45) is -0.659. The van der Waals surface area contributed by atoms with Crippen LogP contribution in [0.3, 0.4) is 0 Å². The molecule has 0 saturated carbocycles. The van der Waals surface area contributed by atoms with E-state index in [1.54, 1.807) is 13.8 Å². The van der Waals surface area contributed by atoms with Crippen molar-refractivity contribution in [2.45, 2.75) is 65.0 Å². The average molecular weight is 245 g/mol. The van der Waals surface area contributed by atoms with Crippen molar-refractivity contribution in [3.63, 3.8) is 0 Å². The Bertz CT molecular complexity index is 295. The molecule has 1 aliphatic rings. The van der Waals surface area contributed by atoms with E-state index in [9.17, 15) is 9.90 Å². The van der Waals surface area contributed by atoms with Crippen LogP contribution in [0, 0.1) is 0 Å². The SMILES string of the molecule is C[C@@H]1OC(C)(C)N(C(=O)OC(C)(C)C)[C@@H]1CO. The number of hydrogen-bond donors (Lipinski definition) is 1. The van der Waals surface area contributed by atoms with Gasteiger partial charge in [-0.2, -0.15) is 0 Å². The zero-order valence-corrected chi connectivity index (χ0v) is 11.5. The van der Waals surface area contributed by atoms with E-state index < -0.39 is 17.4 Å². The molecule has 0 aromatic rings. The number of aliphatic hydroxyl groups excluding tert-OH is 1. The van der Waals surface area contributed by atoms with Crippen LogP contribution in [-0.4, -0.2) is 46.2 Å². The smallest absolute Gasteiger partial charge is 0.412 e. The zero-order chi connectivity index (χ0) is 13.4. The lowest BCUT2D eigenvalue weighted by molar-refractivity contribution is -0.0762. The van der Waals surface area contributed by atoms with E-state index in [-0.39, 0.29) is 18.8 Å². The van der Waals surface area contributed by atoms with Crippen LogP contribution in [0.15, 0.2) is 0 Å². The van der Waals surface area contributed by atoms with Gasteiger partial charge < -0.3 is 14.6 Å². The first-order valence-electron chi connectivity index (χ1n) is 5.89. The maximum absolute atomic E-state index is 12.1. The van der Waals surface area contributed by atoms with E-state index in [0.29, 0.717) is 0 Å². The van der Waals surface area contributed by atoms with Crippen LogP contribution in [0.5, 0.6) is 0 Å². The highest BCUT2D eigenvalue weighted by molar-refractivity contribution is 5.69. The molecule has 1 rings (SSSR count). The van der Waals surface area contributed by atoms with E-state index in [4.69, 9.17) is 9.47 Å². The Hall–Kier alpha value is -0.810. The van der Waals surface area contributed by atoms with Gasteiger partial charge in [-0.1, -0.05) is 0 Å². The lowest BCUT2D eigenvalue weighted by Crippen LogP contribution is -2.51. The van der Waals surface area contributed by atoms with E-state index in [1.807, 2.05) is 27.7 Å². The van der Waals surface area contributed by atoms with Gasteiger partial charge in [0.25, 0.3) is 0 Å². The number of nitrogens with zero attached hydrogens (tertiary/aromatic N) is 1. The second kappa shape index (κ2) is 4.46. The molecule has 0 aromatic heterocycles. The second-order valence-corrected chi connectivity index (χ2v) is 5.87. The van der Waals surface area contributed by atoms with Crippen LogP contribution in [0.2, 0.25) is 0 Å². The van der Waals surface area contributed by atoms with Crippen LogP contribution in [0.4, 0.5) is 4.79 Å². The molecule has 0 bridgehead atoms. The molecular weight excluding hydrogens is 222 g/mol. The molecule has 0 aliphatic carbocycles. The van der Waals surface area contributed by atoms with E-state index >= 15 is 0 Å². The number of carbonyl (C=O) groups is 1. The molecule has 0 spiro atoms. The maximum atomic E-state index is 12.1. The molecule has 5 heteroatoms. The Morgan fingerprint density at radius 2 is 2.00 bits per heavy atom. The fourth-order valence-corrected chi connectivity index (χ4v) is 2.10. The third-order valence-corrected chi connectivity index (χ3v) is 2.71. The van der Waals surface area contributed by atoms with E-state index in [1.165, 1.54) is 4.90 Å². The Morgan fingerprint density at radius 1 is 1.47 bits per heavy atom. The van der Waals surface area contributed by atoms with Gasteiger partial charge in [0.05, 0.1) is 18.8 Å². The summed E-state index contributed by atoms with van der Waals surface area (Å²) < 4.78 is 11.0. The second-order valence-electron chi connectivity index (χ2n) is 5.87. The topological polar surface area (TPSA) is 59.0 Å². The highest BCUT2D eigenvalue weighted by atomic mass is 16.6. The van der Waals surface area contributed by atoms with Crippen LogP contribution in [0.25, 0.3) is 0 Å². The number of carbonyl (C=O) groups excluding carboxylic acids is 1. The standard InChI is InChI=1S/C12H23NO4/c1-8-9(7-14)13(12(5,6)16-8)10(15)17-11(2,3)4/h8-9,14H,7H2,1-6H3/t8-,9+/m0/s1. The van der Waals surface area contributed by atoms with Crippen molar-refractivity contribution >= 4 is 6.09 Å². The minimum atomic E-state index is -0.755. The van der Waals surface area contributed by atoms with Crippen molar-refractivity contribution in [3.05, 3.63) is 0 Å². The van der Waals surface area contributed by atoms with Gasteiger partial charge in [0.1, 0.15) is 11.3 Å². The number of aliphatic hydroxyl groups is 1. The van der Waals surface area contributed by atoms with Crippen molar-refractivity contribution in [1.29, 1.82) is 0 Å². The Balaban J connectivity index is 2.89. The number of rotatable bonds is 1. The Kier molecular flexibility index (Phi) is 3.74. The fraction of sp³-hybridized carbons (Fsp3) is 0.917. The van der Waals surface area contributed by atoms with Gasteiger partial charge >= 0.3 is 6.09 Å². The van der Waals surface area contributed by atoms with Gasteiger partial charge in [0.15, 0.2) is 0 Å². The van der Waals surface area contributed by atoms with Crippen LogP contribution >= 0.6 is 0 Å². The molecule has 2 atom stereocenters. The summed E-state index contributed by atoms with van der Waals surface area (Å²) in [5.41, 5.74) is -1.31. The molecule has 1 saturated heterocycles. The molecule has 1 heterocycles. The number of amides is 1. The first-order valence-corrected chi connectivity index (χ1v) is 5.89. The maximum Gasteiger partial charge on any atom is 0.412 e. The molecule has 1 fully saturated rings. The van der Waals surface area contributed by atoms with Crippen molar-refractivity contribution in [2.75, 3.05) is 6.61 Å². The van der Waals surface area contributed by atoms with E-state index in [0.717, 1.165) is 0 Å². The van der Waals surface area contributed by atoms with Crippen LogP contribution in [0.1, 0.15) is 41.5 Å². The minimum Gasteiger partial charge on any atom is -0.444 e. The fourth-order valence-electron chi connectivity index (χ4n) is 2.10. The van der Waals surface area contributed by atoms with Gasteiger partial charge in [0.2, 0.25) is 0 Å². The summed E-state index contributed by atoms with van der Waals surface area (Å²) >= 11 is 0. The molecule has 1 amide bonds. The van der Waals surface area contributed by atoms with Crippen LogP contribution in [-0.2, 0) is 9.47 Å². The van der Waals surface area contributed by atoms with Gasteiger partial charge in [-0.25, -0.2) is 4.79 Å². The molecule has 100 valence electrons. The molecule has 0 radical (unpaired) electrons. The molecule has 0 unspecified atom stereocenters. The predicted molar refractivity (Wildman–Crippen MR) is 63.6 cm³/mol. The summed E-state index contributed by atoms with van der Waals surface area (Å²) in [5.74, 6) is 0. The summed E-state index contributed by atoms with van der Waals surface area (Å²) in [5, 5.41) is 9.36. The largest absolute Gasteiger partial charge is 0.444 e. The zero-order valence-electron chi connectivity index (χ0n) is 11.5. The van der Waals surface area contributed by atoms with Crippen LogP contribution < -0.4 is 0 Å². The number of ether oxygens (including phenoxy) is 2. The van der Waals surface area contributed by atoms with Crippen molar-refractivity contribution < 1.29 is 19.4 Å². The first-order chi connectivity index (χ1) is 7.58. The van der Waals surface area contributed by atoms with Gasteiger partial charge in [-0.15, -0.1) is 0 Å². The van der Waals surface area contributed by atoms with Gasteiger partial charge in [-0.3, -0.25) is 4.90 Å². The average Bonchev–Trinajstić information content (AvgIpc) is 2.31. The predicted octanol–water partition coefficient (Wildman–Crippen LogP) is 1.74. The Labute approximate surface area is 103 Å². The molecule has 1 aliphatic heterocycles. The summed E-state index contributed by atoms with van der Waals surface area (Å²) in [7, 11) is 0. The third kappa shape index (κ3) is 3.10. The lowest BCUT2D eigenvalue weighted by Gasteiger charge is -2.34. The molecule has 5 nitrogen and oxygen atoms in total. The number of hydrogen-bond acceptors (Lipinski definition) is 4. The summed E-state index contributed by atoms with van der Waals surface area (Å²) in [4.78, 5) is 13.6. The summed E-state index contributed by atoms with van der Waals surface area (Å²) in [6, 6.07) is -0.361. The first kappa shape index (κ1) is 14.3. The normalized spacial score (nSPS) is 28.3. The molecule has 1 N–H and O–H groups in total. The molecule has 17 heavy (non-hydrogen) atoms. The highest BCUT2D eigenvalue weighted by Gasteiger charge is 2.49. The van der Waals surface area contributed by atoms with Gasteiger partial charge in [0, 0.05) is 0 Å². The van der Waals surface area contributed by atoms with Gasteiger partial charge in [-0.05, 0) is 41.5 Å². The minimum absolute atomic E-state index is 0.135.